The van der Waals surface area contributed by atoms with Gasteiger partial charge >= 0.3 is 0 Å². The van der Waals surface area contributed by atoms with Gasteiger partial charge in [-0.15, -0.1) is 0 Å². The Labute approximate surface area is 118 Å². The van der Waals surface area contributed by atoms with Crippen LogP contribution in [0.4, 0.5) is 0 Å². The lowest BCUT2D eigenvalue weighted by Gasteiger charge is -2.15. The molecule has 1 aliphatic rings. The maximum Gasteiger partial charge on any atom is 0.152 e. The van der Waals surface area contributed by atoms with Crippen molar-refractivity contribution in [1.29, 1.82) is 0 Å². The van der Waals surface area contributed by atoms with Gasteiger partial charge in [-0.05, 0) is 5.56 Å². The molecule has 1 aliphatic carbocycles. The number of thiocarbonyl (C=S) groups is 1. The van der Waals surface area contributed by atoms with E-state index in [1.54, 1.807) is 0 Å². The van der Waals surface area contributed by atoms with E-state index < -0.39 is 20.5 Å². The molecule has 2 N–H and O–H groups in total. The lowest BCUT2D eigenvalue weighted by Crippen LogP contribution is -2.32. The molecular weight excluding hydrogens is 282 g/mol. The minimum absolute atomic E-state index is 0.207. The number of nitrogens with two attached hydrogens (primary N) is 1. The van der Waals surface area contributed by atoms with E-state index in [4.69, 9.17) is 22.7 Å². The molecule has 0 heterocycles. The summed E-state index contributed by atoms with van der Waals surface area (Å²) in [6, 6.07) is 9.45. The van der Waals surface area contributed by atoms with Crippen LogP contribution in [-0.2, 0) is 14.6 Å². The molecule has 104 valence electrons. The minimum Gasteiger partial charge on any atom is -0.393 e. The first-order chi connectivity index (χ1) is 8.85. The Morgan fingerprint density at radius 1 is 1.42 bits per heavy atom. The van der Waals surface area contributed by atoms with E-state index in [-0.39, 0.29) is 17.5 Å². The van der Waals surface area contributed by atoms with Gasteiger partial charge in [-0.3, -0.25) is 0 Å². The van der Waals surface area contributed by atoms with Gasteiger partial charge in [-0.25, -0.2) is 8.42 Å². The Balaban J connectivity index is 2.50. The average molecular weight is 299 g/mol. The van der Waals surface area contributed by atoms with Crippen LogP contribution in [0.1, 0.15) is 11.5 Å². The van der Waals surface area contributed by atoms with Crippen molar-refractivity contribution in [2.45, 2.75) is 11.2 Å². The Morgan fingerprint density at radius 2 is 2.00 bits per heavy atom. The topological polar surface area (TPSA) is 69.4 Å². The van der Waals surface area contributed by atoms with Gasteiger partial charge in [0.1, 0.15) is 0 Å². The van der Waals surface area contributed by atoms with Crippen molar-refractivity contribution >= 4 is 27.0 Å². The number of ether oxygens (including phenoxy) is 1. The third-order valence-electron chi connectivity index (χ3n) is 3.72. The molecule has 4 nitrogen and oxygen atoms in total. The van der Waals surface area contributed by atoms with Crippen molar-refractivity contribution < 1.29 is 13.2 Å². The van der Waals surface area contributed by atoms with E-state index in [1.807, 2.05) is 30.3 Å². The SMILES string of the molecule is COC[C@@]1(C(N)=S)[C@@H](c2ccccc2)[C@@H]1S(C)(=O)=O. The van der Waals surface area contributed by atoms with Crippen LogP contribution in [0.5, 0.6) is 0 Å². The van der Waals surface area contributed by atoms with Crippen LogP contribution in [0, 0.1) is 5.41 Å². The Hall–Kier alpha value is -0.980. The molecule has 6 heteroatoms. The molecule has 1 aromatic rings. The third-order valence-corrected chi connectivity index (χ3v) is 5.71. The second-order valence-corrected chi connectivity index (χ2v) is 7.58. The number of benzene rings is 1. The normalized spacial score (nSPS) is 30.0. The lowest BCUT2D eigenvalue weighted by molar-refractivity contribution is 0.166. The highest BCUT2D eigenvalue weighted by molar-refractivity contribution is 7.92. The van der Waals surface area contributed by atoms with Gasteiger partial charge in [-0.2, -0.15) is 0 Å². The Bertz CT molecular complexity index is 585. The fraction of sp³-hybridized carbons (Fsp3) is 0.462. The number of hydrogen-bond donors (Lipinski definition) is 1. The van der Waals surface area contributed by atoms with Crippen molar-refractivity contribution in [2.24, 2.45) is 11.1 Å². The molecule has 0 unspecified atom stereocenters. The predicted molar refractivity (Wildman–Crippen MR) is 78.9 cm³/mol. The summed E-state index contributed by atoms with van der Waals surface area (Å²) >= 11 is 5.12. The fourth-order valence-corrected chi connectivity index (χ4v) is 5.25. The Kier molecular flexibility index (Phi) is 3.68. The fourth-order valence-electron chi connectivity index (χ4n) is 2.94. The van der Waals surface area contributed by atoms with Crippen LogP contribution in [-0.4, -0.2) is 38.6 Å². The van der Waals surface area contributed by atoms with Crippen molar-refractivity contribution in [3.8, 4) is 0 Å². The zero-order valence-electron chi connectivity index (χ0n) is 10.9. The number of hydrogen-bond acceptors (Lipinski definition) is 4. The molecule has 1 fully saturated rings. The smallest absolute Gasteiger partial charge is 0.152 e. The largest absolute Gasteiger partial charge is 0.393 e. The van der Waals surface area contributed by atoms with Crippen LogP contribution in [0.15, 0.2) is 30.3 Å². The maximum absolute atomic E-state index is 12.0. The molecule has 1 saturated carbocycles. The molecule has 0 amide bonds. The third kappa shape index (κ3) is 2.28. The first-order valence-corrected chi connectivity index (χ1v) is 8.24. The molecule has 0 spiro atoms. The summed E-state index contributed by atoms with van der Waals surface area (Å²) in [6.07, 6.45) is 1.23. The van der Waals surface area contributed by atoms with Crippen LogP contribution in [0.2, 0.25) is 0 Å². The predicted octanol–water partition coefficient (Wildman–Crippen LogP) is 1.12. The minimum atomic E-state index is -3.25. The quantitative estimate of drug-likeness (QED) is 0.825. The lowest BCUT2D eigenvalue weighted by atomic mass is 10.00. The number of rotatable bonds is 5. The molecule has 3 atom stereocenters. The van der Waals surface area contributed by atoms with Gasteiger partial charge in [0.2, 0.25) is 0 Å². The molecular formula is C13H17NO3S2. The van der Waals surface area contributed by atoms with Gasteiger partial charge in [0.05, 0.1) is 22.3 Å². The van der Waals surface area contributed by atoms with Gasteiger partial charge in [0, 0.05) is 19.3 Å². The molecule has 19 heavy (non-hydrogen) atoms. The number of methoxy groups -OCH3 is 1. The van der Waals surface area contributed by atoms with E-state index in [1.165, 1.54) is 13.4 Å². The summed E-state index contributed by atoms with van der Waals surface area (Å²) < 4.78 is 29.2. The van der Waals surface area contributed by atoms with E-state index in [9.17, 15) is 8.42 Å². The standard InChI is InChI=1S/C13H17NO3S2/c1-17-8-13(12(14)18)10(11(13)19(2,15)16)9-6-4-3-5-7-9/h3-7,10-11H,8H2,1-2H3,(H2,14,18)/t10-,11-,13+/m0/s1. The molecule has 0 aromatic heterocycles. The number of sulfone groups is 1. The van der Waals surface area contributed by atoms with Gasteiger partial charge in [-0.1, -0.05) is 42.5 Å². The second-order valence-electron chi connectivity index (χ2n) is 4.98. The first-order valence-electron chi connectivity index (χ1n) is 5.88. The highest BCUT2D eigenvalue weighted by atomic mass is 32.2. The van der Waals surface area contributed by atoms with E-state index in [0.29, 0.717) is 0 Å². The summed E-state index contributed by atoms with van der Waals surface area (Å²) in [5, 5.41) is -0.597. The second kappa shape index (κ2) is 4.85. The zero-order valence-corrected chi connectivity index (χ0v) is 12.5. The van der Waals surface area contributed by atoms with E-state index >= 15 is 0 Å². The molecule has 0 aliphatic heterocycles. The summed E-state index contributed by atoms with van der Waals surface area (Å²) in [7, 11) is -1.72. The Morgan fingerprint density at radius 3 is 2.42 bits per heavy atom. The highest BCUT2D eigenvalue weighted by Crippen LogP contribution is 2.63. The molecule has 0 radical (unpaired) electrons. The van der Waals surface area contributed by atoms with E-state index in [0.717, 1.165) is 5.56 Å². The highest BCUT2D eigenvalue weighted by Gasteiger charge is 2.71. The van der Waals surface area contributed by atoms with Crippen molar-refractivity contribution in [2.75, 3.05) is 20.0 Å². The van der Waals surface area contributed by atoms with Crippen LogP contribution < -0.4 is 5.73 Å². The van der Waals surface area contributed by atoms with Gasteiger partial charge < -0.3 is 10.5 Å². The van der Waals surface area contributed by atoms with Crippen molar-refractivity contribution in [3.63, 3.8) is 0 Å². The zero-order chi connectivity index (χ0) is 14.3. The molecule has 2 rings (SSSR count). The summed E-state index contributed by atoms with van der Waals surface area (Å²) in [5.74, 6) is -0.221. The monoisotopic (exact) mass is 299 g/mol. The van der Waals surface area contributed by atoms with Crippen LogP contribution >= 0.6 is 12.2 Å². The van der Waals surface area contributed by atoms with Crippen molar-refractivity contribution in [3.05, 3.63) is 35.9 Å². The van der Waals surface area contributed by atoms with Gasteiger partial charge in [0.25, 0.3) is 0 Å². The first kappa shape index (κ1) is 14.4. The van der Waals surface area contributed by atoms with Gasteiger partial charge in [0.15, 0.2) is 9.84 Å². The molecule has 0 saturated heterocycles. The van der Waals surface area contributed by atoms with E-state index in [2.05, 4.69) is 0 Å². The molecule has 0 bridgehead atoms. The summed E-state index contributed by atoms with van der Waals surface area (Å²) in [5.41, 5.74) is 5.97. The summed E-state index contributed by atoms with van der Waals surface area (Å²) in [6.45, 7) is 0.222. The van der Waals surface area contributed by atoms with Crippen LogP contribution in [0.25, 0.3) is 0 Å². The molecule has 1 aromatic carbocycles. The summed E-state index contributed by atoms with van der Waals surface area (Å²) in [4.78, 5) is 0.207. The van der Waals surface area contributed by atoms with Crippen LogP contribution in [0.3, 0.4) is 0 Å². The maximum atomic E-state index is 12.0. The van der Waals surface area contributed by atoms with Crippen molar-refractivity contribution in [1.82, 2.24) is 0 Å². The average Bonchev–Trinajstić information content (AvgIpc) is 3.01.